The number of fused-ring (bicyclic) bond motifs is 1. The number of para-hydroxylation sites is 1. The van der Waals surface area contributed by atoms with E-state index in [0.29, 0.717) is 56.5 Å². The Morgan fingerprint density at radius 2 is 1.79 bits per heavy atom. The lowest BCUT2D eigenvalue weighted by molar-refractivity contribution is 0.189. The molecule has 0 aliphatic carbocycles. The Morgan fingerprint density at radius 1 is 1.05 bits per heavy atom. The van der Waals surface area contributed by atoms with Gasteiger partial charge in [0.15, 0.2) is 0 Å². The predicted octanol–water partition coefficient (Wildman–Crippen LogP) is 4.99. The first-order valence-electron chi connectivity index (χ1n) is 13.3. The van der Waals surface area contributed by atoms with Gasteiger partial charge < -0.3 is 15.4 Å². The number of pyridine rings is 1. The molecule has 0 radical (unpaired) electrons. The summed E-state index contributed by atoms with van der Waals surface area (Å²) in [5, 5.41) is 16.3. The van der Waals surface area contributed by atoms with E-state index in [9.17, 15) is 18.5 Å². The lowest BCUT2D eigenvalue weighted by Gasteiger charge is -2.34. The lowest BCUT2D eigenvalue weighted by atomic mass is 10.1. The number of hydrogen-bond donors (Lipinski definition) is 2. The van der Waals surface area contributed by atoms with Crippen molar-refractivity contribution in [2.24, 2.45) is 0 Å². The van der Waals surface area contributed by atoms with Gasteiger partial charge in [-0.3, -0.25) is 9.88 Å². The number of amides is 2. The second-order valence-corrected chi connectivity index (χ2v) is 12.1. The molecule has 10 nitrogen and oxygen atoms in total. The normalized spacial score (nSPS) is 14.3. The number of ether oxygens (including phenoxy) is 1. The van der Waals surface area contributed by atoms with E-state index in [4.69, 9.17) is 16.3 Å². The minimum Gasteiger partial charge on any atom is -0.456 e. The van der Waals surface area contributed by atoms with Crippen molar-refractivity contribution in [3.63, 3.8) is 0 Å². The van der Waals surface area contributed by atoms with Crippen LogP contribution < -0.4 is 15.4 Å². The molecule has 2 heterocycles. The van der Waals surface area contributed by atoms with E-state index in [1.807, 2.05) is 43.3 Å². The average molecular weight is 605 g/mol. The number of urea groups is 1. The van der Waals surface area contributed by atoms with Crippen LogP contribution in [-0.2, 0) is 10.0 Å². The first-order valence-corrected chi connectivity index (χ1v) is 15.2. The highest BCUT2D eigenvalue weighted by molar-refractivity contribution is 7.89. The average Bonchev–Trinajstić information content (AvgIpc) is 2.98. The van der Waals surface area contributed by atoms with Gasteiger partial charge in [-0.15, -0.1) is 0 Å². The molecule has 2 amide bonds. The van der Waals surface area contributed by atoms with Gasteiger partial charge in [0.2, 0.25) is 10.0 Å². The summed E-state index contributed by atoms with van der Waals surface area (Å²) in [6.45, 7) is 4.66. The molecule has 0 unspecified atom stereocenters. The van der Waals surface area contributed by atoms with Crippen molar-refractivity contribution in [1.82, 2.24) is 19.5 Å². The van der Waals surface area contributed by atoms with Gasteiger partial charge in [-0.05, 0) is 55.5 Å². The highest BCUT2D eigenvalue weighted by Crippen LogP contribution is 2.30. The van der Waals surface area contributed by atoms with E-state index in [1.165, 1.54) is 16.4 Å². The van der Waals surface area contributed by atoms with Crippen molar-refractivity contribution in [2.45, 2.75) is 11.8 Å². The number of aromatic nitrogens is 1. The third-order valence-electron chi connectivity index (χ3n) is 6.91. The number of aryl methyl sites for hydroxylation is 1. The monoisotopic (exact) mass is 604 g/mol. The van der Waals surface area contributed by atoms with E-state index in [2.05, 4.69) is 20.5 Å². The molecule has 0 spiro atoms. The van der Waals surface area contributed by atoms with Crippen LogP contribution in [0.2, 0.25) is 5.02 Å². The van der Waals surface area contributed by atoms with Gasteiger partial charge in [-0.25, -0.2) is 13.2 Å². The molecule has 1 aliphatic heterocycles. The molecule has 1 fully saturated rings. The predicted molar refractivity (Wildman–Crippen MR) is 161 cm³/mol. The summed E-state index contributed by atoms with van der Waals surface area (Å²) < 4.78 is 33.7. The number of nitrogens with one attached hydrogen (secondary N) is 2. The first kappa shape index (κ1) is 29.3. The standard InChI is InChI=1S/C30H29ClN6O4S/c1-21-19-28(24-5-2-3-7-27(24)34-21)35-30(38)33-13-14-36-15-17-37(18-16-36)42(39,40)23-11-9-22(10-12-23)41-29-8-4-6-26(31)25(29)20-32/h2-12,19H,13-18H2,1H3,(H2,33,34,35,38). The van der Waals surface area contributed by atoms with Gasteiger partial charge in [-0.2, -0.15) is 9.57 Å². The maximum Gasteiger partial charge on any atom is 0.319 e. The maximum atomic E-state index is 13.2. The fourth-order valence-electron chi connectivity index (χ4n) is 4.75. The Balaban J connectivity index is 1.10. The first-order chi connectivity index (χ1) is 20.2. The number of piperazine rings is 1. The van der Waals surface area contributed by atoms with Crippen LogP contribution in [0.1, 0.15) is 11.3 Å². The van der Waals surface area contributed by atoms with Gasteiger partial charge in [0.05, 0.1) is 21.1 Å². The minimum atomic E-state index is -3.69. The molecule has 42 heavy (non-hydrogen) atoms. The highest BCUT2D eigenvalue weighted by atomic mass is 35.5. The van der Waals surface area contributed by atoms with Crippen molar-refractivity contribution in [2.75, 3.05) is 44.6 Å². The summed E-state index contributed by atoms with van der Waals surface area (Å²) >= 11 is 6.06. The molecule has 2 N–H and O–H groups in total. The zero-order valence-corrected chi connectivity index (χ0v) is 24.5. The maximum absolute atomic E-state index is 13.2. The van der Waals surface area contributed by atoms with Gasteiger partial charge in [0, 0.05) is 50.3 Å². The number of halogens is 1. The molecule has 12 heteroatoms. The third kappa shape index (κ3) is 6.64. The van der Waals surface area contributed by atoms with Gasteiger partial charge in [-0.1, -0.05) is 35.9 Å². The molecule has 1 saturated heterocycles. The zero-order chi connectivity index (χ0) is 29.7. The number of hydrogen-bond acceptors (Lipinski definition) is 7. The number of nitriles is 1. The second kappa shape index (κ2) is 12.8. The number of rotatable bonds is 8. The summed E-state index contributed by atoms with van der Waals surface area (Å²) in [5.41, 5.74) is 2.54. The Hall–Kier alpha value is -4.21. The molecule has 0 saturated carbocycles. The molecule has 1 aliphatic rings. The molecule has 4 aromatic rings. The zero-order valence-electron chi connectivity index (χ0n) is 22.9. The summed E-state index contributed by atoms with van der Waals surface area (Å²) in [4.78, 5) is 19.3. The molecule has 216 valence electrons. The summed E-state index contributed by atoms with van der Waals surface area (Å²) in [6, 6.07) is 22.2. The quantitative estimate of drug-likeness (QED) is 0.290. The van der Waals surface area contributed by atoms with Crippen molar-refractivity contribution < 1.29 is 17.9 Å². The van der Waals surface area contributed by atoms with Crippen LogP contribution in [0.15, 0.2) is 77.7 Å². The van der Waals surface area contributed by atoms with Crippen molar-refractivity contribution in [3.8, 4) is 17.6 Å². The molecule has 5 rings (SSSR count). The second-order valence-electron chi connectivity index (χ2n) is 9.75. The number of benzene rings is 3. The number of anilines is 1. The Kier molecular flexibility index (Phi) is 8.89. The SMILES string of the molecule is Cc1cc(NC(=O)NCCN2CCN(S(=O)(=O)c3ccc(Oc4cccc(Cl)c4C#N)cc3)CC2)c2ccccc2n1. The molecule has 0 atom stereocenters. The topological polar surface area (TPSA) is 128 Å². The van der Waals surface area contributed by atoms with Crippen molar-refractivity contribution in [3.05, 3.63) is 89.1 Å². The number of carbonyl (C=O) groups excluding carboxylic acids is 1. The van der Waals surface area contributed by atoms with Crippen LogP contribution in [0.3, 0.4) is 0 Å². The highest BCUT2D eigenvalue weighted by Gasteiger charge is 2.28. The Labute approximate surface area is 249 Å². The van der Waals surface area contributed by atoms with Crippen LogP contribution >= 0.6 is 11.6 Å². The fourth-order valence-corrected chi connectivity index (χ4v) is 6.38. The number of carbonyl (C=O) groups is 1. The van der Waals surface area contributed by atoms with Crippen molar-refractivity contribution in [1.29, 1.82) is 5.26 Å². The molecule has 3 aromatic carbocycles. The molecule has 1 aromatic heterocycles. The van der Waals surface area contributed by atoms with Crippen LogP contribution in [-0.4, -0.2) is 67.9 Å². The molecule has 0 bridgehead atoms. The van der Waals surface area contributed by atoms with E-state index < -0.39 is 10.0 Å². The van der Waals surface area contributed by atoms with Crippen LogP contribution in [0.4, 0.5) is 10.5 Å². The summed E-state index contributed by atoms with van der Waals surface area (Å²) in [6.07, 6.45) is 0. The van der Waals surface area contributed by atoms with Crippen LogP contribution in [0.25, 0.3) is 10.9 Å². The van der Waals surface area contributed by atoms with Gasteiger partial charge in [0.1, 0.15) is 23.1 Å². The van der Waals surface area contributed by atoms with Gasteiger partial charge >= 0.3 is 6.03 Å². The summed E-state index contributed by atoms with van der Waals surface area (Å²) in [5.74, 6) is 0.686. The largest absolute Gasteiger partial charge is 0.456 e. The number of sulfonamides is 1. The van der Waals surface area contributed by atoms with E-state index >= 15 is 0 Å². The van der Waals surface area contributed by atoms with Crippen LogP contribution in [0.5, 0.6) is 11.5 Å². The van der Waals surface area contributed by atoms with Crippen LogP contribution in [0, 0.1) is 18.3 Å². The Bertz CT molecular complexity index is 1750. The van der Waals surface area contributed by atoms with Gasteiger partial charge in [0.25, 0.3) is 0 Å². The lowest BCUT2D eigenvalue weighted by Crippen LogP contribution is -2.50. The third-order valence-corrected chi connectivity index (χ3v) is 9.14. The van der Waals surface area contributed by atoms with E-state index in [1.54, 1.807) is 30.3 Å². The minimum absolute atomic E-state index is 0.159. The number of nitrogens with zero attached hydrogens (tertiary/aromatic N) is 4. The van der Waals surface area contributed by atoms with E-state index in [-0.39, 0.29) is 21.5 Å². The molecular weight excluding hydrogens is 576 g/mol. The Morgan fingerprint density at radius 3 is 2.52 bits per heavy atom. The van der Waals surface area contributed by atoms with Crippen molar-refractivity contribution >= 4 is 44.2 Å². The fraction of sp³-hybridized carbons (Fsp3) is 0.233. The molecular formula is C30H29ClN6O4S. The summed E-state index contributed by atoms with van der Waals surface area (Å²) in [7, 11) is -3.69. The smallest absolute Gasteiger partial charge is 0.319 e. The van der Waals surface area contributed by atoms with E-state index in [0.717, 1.165) is 16.6 Å².